The van der Waals surface area contributed by atoms with Crippen molar-refractivity contribution in [3.63, 3.8) is 0 Å². The van der Waals surface area contributed by atoms with Gasteiger partial charge in [0, 0.05) is 7.05 Å². The van der Waals surface area contributed by atoms with E-state index in [1.165, 1.54) is 16.2 Å². The highest BCUT2D eigenvalue weighted by Crippen LogP contribution is 2.22. The van der Waals surface area contributed by atoms with Gasteiger partial charge >= 0.3 is 6.03 Å². The minimum Gasteiger partial charge on any atom is -0.469 e. The number of carbonyl (C=O) groups excluding carboxylic acids is 1. The molecule has 1 N–H and O–H groups in total. The predicted molar refractivity (Wildman–Crippen MR) is 82.3 cm³/mol. The number of urea groups is 1. The van der Waals surface area contributed by atoms with Gasteiger partial charge in [-0.2, -0.15) is 0 Å². The van der Waals surface area contributed by atoms with Gasteiger partial charge in [0.25, 0.3) is 5.19 Å². The van der Waals surface area contributed by atoms with Crippen LogP contribution in [0.2, 0.25) is 0 Å². The second-order valence-corrected chi connectivity index (χ2v) is 5.85. The normalized spacial score (nSPS) is 15.0. The maximum Gasteiger partial charge on any atom is 0.323 e. The minimum atomic E-state index is -0.359. The van der Waals surface area contributed by atoms with E-state index in [4.69, 9.17) is 14.2 Å². The van der Waals surface area contributed by atoms with Crippen molar-refractivity contribution in [1.29, 1.82) is 0 Å². The van der Waals surface area contributed by atoms with Crippen molar-refractivity contribution in [1.82, 2.24) is 15.1 Å². The molecule has 0 bridgehead atoms. The van der Waals surface area contributed by atoms with Crippen molar-refractivity contribution in [3.8, 4) is 5.19 Å². The van der Waals surface area contributed by atoms with Gasteiger partial charge in [0.15, 0.2) is 6.29 Å². The summed E-state index contributed by atoms with van der Waals surface area (Å²) in [6.07, 6.45) is 2.89. The van der Waals surface area contributed by atoms with E-state index in [2.05, 4.69) is 22.4 Å². The van der Waals surface area contributed by atoms with Crippen molar-refractivity contribution in [2.45, 2.75) is 32.5 Å². The summed E-state index contributed by atoms with van der Waals surface area (Å²) in [7, 11) is 1.67. The van der Waals surface area contributed by atoms with Gasteiger partial charge in [-0.3, -0.25) is 5.32 Å². The zero-order chi connectivity index (χ0) is 15.8. The van der Waals surface area contributed by atoms with E-state index in [9.17, 15) is 4.79 Å². The number of unbranched alkanes of at least 4 members (excludes halogenated alkanes) is 2. The number of ether oxygens (including phenoxy) is 3. The zero-order valence-corrected chi connectivity index (χ0v) is 13.7. The summed E-state index contributed by atoms with van der Waals surface area (Å²) in [5.41, 5.74) is 0. The Hall–Kier alpha value is -1.45. The van der Waals surface area contributed by atoms with Crippen molar-refractivity contribution in [2.75, 3.05) is 38.7 Å². The summed E-state index contributed by atoms with van der Waals surface area (Å²) in [4.78, 5) is 13.5. The molecule has 2 heterocycles. The molecule has 0 aliphatic carbocycles. The Bertz CT molecular complexity index is 465. The van der Waals surface area contributed by atoms with Gasteiger partial charge in [0.05, 0.1) is 26.4 Å². The molecule has 0 unspecified atom stereocenters. The Morgan fingerprint density at radius 3 is 2.91 bits per heavy atom. The van der Waals surface area contributed by atoms with Gasteiger partial charge in [-0.05, 0) is 17.8 Å². The Labute approximate surface area is 133 Å². The van der Waals surface area contributed by atoms with Gasteiger partial charge in [0.2, 0.25) is 5.13 Å². The van der Waals surface area contributed by atoms with Gasteiger partial charge < -0.3 is 19.1 Å². The molecule has 0 spiro atoms. The number of rotatable bonds is 8. The molecule has 22 heavy (non-hydrogen) atoms. The molecule has 9 heteroatoms. The predicted octanol–water partition coefficient (Wildman–Crippen LogP) is 1.94. The minimum absolute atomic E-state index is 0.284. The third kappa shape index (κ3) is 5.39. The summed E-state index contributed by atoms with van der Waals surface area (Å²) in [6, 6.07) is -0.284. The van der Waals surface area contributed by atoms with Crippen molar-refractivity contribution < 1.29 is 19.0 Å². The fourth-order valence-electron chi connectivity index (χ4n) is 1.84. The van der Waals surface area contributed by atoms with Gasteiger partial charge in [-0.15, -0.1) is 5.10 Å². The second kappa shape index (κ2) is 8.86. The van der Waals surface area contributed by atoms with Crippen molar-refractivity contribution >= 4 is 22.5 Å². The maximum absolute atomic E-state index is 12.0. The van der Waals surface area contributed by atoms with Crippen molar-refractivity contribution in [3.05, 3.63) is 0 Å². The number of likely N-dealkylation sites (N-methyl/N-ethyl adjacent to an activating group) is 1. The molecule has 1 saturated heterocycles. The second-order valence-electron chi connectivity index (χ2n) is 4.91. The van der Waals surface area contributed by atoms with Crippen LogP contribution in [0.5, 0.6) is 5.19 Å². The van der Waals surface area contributed by atoms with E-state index >= 15 is 0 Å². The van der Waals surface area contributed by atoms with Crippen LogP contribution >= 0.6 is 11.3 Å². The summed E-state index contributed by atoms with van der Waals surface area (Å²) in [5, 5.41) is 11.3. The van der Waals surface area contributed by atoms with Crippen LogP contribution in [-0.2, 0) is 9.47 Å². The molecule has 2 amide bonds. The Morgan fingerprint density at radius 1 is 1.41 bits per heavy atom. The number of hydrogen-bond donors (Lipinski definition) is 1. The van der Waals surface area contributed by atoms with E-state index in [1.54, 1.807) is 7.05 Å². The molecule has 1 fully saturated rings. The van der Waals surface area contributed by atoms with Crippen LogP contribution in [-0.4, -0.2) is 60.8 Å². The molecule has 1 aliphatic rings. The highest BCUT2D eigenvalue weighted by Gasteiger charge is 2.21. The molecule has 1 aromatic heterocycles. The lowest BCUT2D eigenvalue weighted by molar-refractivity contribution is -0.0518. The summed E-state index contributed by atoms with van der Waals surface area (Å²) < 4.78 is 16.1. The number of nitrogens with one attached hydrogen (secondary N) is 1. The SMILES string of the molecule is CCCCCOc1nnc(NC(=O)N(C)CC2OCCO2)s1. The number of anilines is 1. The quantitative estimate of drug-likeness (QED) is 0.733. The van der Waals surface area contributed by atoms with E-state index in [0.29, 0.717) is 36.7 Å². The first-order chi connectivity index (χ1) is 10.7. The molecule has 0 radical (unpaired) electrons. The lowest BCUT2D eigenvalue weighted by Gasteiger charge is -2.19. The summed E-state index contributed by atoms with van der Waals surface area (Å²) in [6.45, 7) is 4.25. The third-order valence-corrected chi connectivity index (χ3v) is 3.81. The first-order valence-corrected chi connectivity index (χ1v) is 8.22. The molecule has 8 nitrogen and oxygen atoms in total. The number of aromatic nitrogens is 2. The smallest absolute Gasteiger partial charge is 0.323 e. The first-order valence-electron chi connectivity index (χ1n) is 7.40. The lowest BCUT2D eigenvalue weighted by atomic mass is 10.3. The van der Waals surface area contributed by atoms with Crippen LogP contribution in [0.25, 0.3) is 0 Å². The molecular weight excluding hydrogens is 308 g/mol. The van der Waals surface area contributed by atoms with Gasteiger partial charge in [0.1, 0.15) is 0 Å². The summed E-state index contributed by atoms with van der Waals surface area (Å²) >= 11 is 1.21. The molecule has 0 atom stereocenters. The highest BCUT2D eigenvalue weighted by atomic mass is 32.1. The monoisotopic (exact) mass is 330 g/mol. The van der Waals surface area contributed by atoms with Crippen LogP contribution in [0.3, 0.4) is 0 Å². The van der Waals surface area contributed by atoms with Crippen molar-refractivity contribution in [2.24, 2.45) is 0 Å². The largest absolute Gasteiger partial charge is 0.469 e. The van der Waals surface area contributed by atoms with Gasteiger partial charge in [-0.1, -0.05) is 24.9 Å². The zero-order valence-electron chi connectivity index (χ0n) is 12.9. The molecule has 0 saturated carbocycles. The Balaban J connectivity index is 1.72. The average molecular weight is 330 g/mol. The van der Waals surface area contributed by atoms with Crippen LogP contribution in [0, 0.1) is 0 Å². The lowest BCUT2D eigenvalue weighted by Crippen LogP contribution is -2.37. The van der Waals surface area contributed by atoms with E-state index < -0.39 is 0 Å². The fourth-order valence-corrected chi connectivity index (χ4v) is 2.45. The molecule has 1 aromatic rings. The third-order valence-electron chi connectivity index (χ3n) is 3.05. The molecule has 2 rings (SSSR count). The van der Waals surface area contributed by atoms with E-state index in [0.717, 1.165) is 19.3 Å². The summed E-state index contributed by atoms with van der Waals surface area (Å²) in [5.74, 6) is 0. The molecule has 0 aromatic carbocycles. The maximum atomic E-state index is 12.0. The number of hydrogen-bond acceptors (Lipinski definition) is 7. The van der Waals surface area contributed by atoms with Crippen LogP contribution in [0.1, 0.15) is 26.2 Å². The van der Waals surface area contributed by atoms with E-state index in [1.807, 2.05) is 0 Å². The molecule has 1 aliphatic heterocycles. The number of amides is 2. The first kappa shape index (κ1) is 16.9. The number of carbonyl (C=O) groups is 1. The Kier molecular flexibility index (Phi) is 6.81. The fraction of sp³-hybridized carbons (Fsp3) is 0.769. The molecule has 124 valence electrons. The van der Waals surface area contributed by atoms with Crippen LogP contribution in [0.4, 0.5) is 9.93 Å². The number of nitrogens with zero attached hydrogens (tertiary/aromatic N) is 3. The van der Waals surface area contributed by atoms with E-state index in [-0.39, 0.29) is 12.3 Å². The van der Waals surface area contributed by atoms with Crippen LogP contribution < -0.4 is 10.1 Å². The highest BCUT2D eigenvalue weighted by molar-refractivity contribution is 7.17. The molecular formula is C13H22N4O4S. The van der Waals surface area contributed by atoms with Gasteiger partial charge in [-0.25, -0.2) is 4.79 Å². The van der Waals surface area contributed by atoms with Crippen LogP contribution in [0.15, 0.2) is 0 Å². The average Bonchev–Trinajstić information content (AvgIpc) is 3.15. The standard InChI is InChI=1S/C13H22N4O4S/c1-3-4-5-6-21-13-16-15-11(22-13)14-12(18)17(2)9-10-19-7-8-20-10/h10H,3-9H2,1-2H3,(H,14,15,18). The Morgan fingerprint density at radius 2 is 2.18 bits per heavy atom. The topological polar surface area (TPSA) is 85.8 Å².